The van der Waals surface area contributed by atoms with Crippen LogP contribution in [0.5, 0.6) is 17.4 Å². The lowest BCUT2D eigenvalue weighted by Crippen LogP contribution is -2.21. The first-order valence-electron chi connectivity index (χ1n) is 9.02. The number of aromatic nitrogens is 2. The van der Waals surface area contributed by atoms with Gasteiger partial charge < -0.3 is 14.8 Å². The van der Waals surface area contributed by atoms with E-state index < -0.39 is 34.8 Å². The van der Waals surface area contributed by atoms with Crippen LogP contribution in [-0.2, 0) is 19.3 Å². The van der Waals surface area contributed by atoms with Crippen LogP contribution in [0.2, 0.25) is 0 Å². The van der Waals surface area contributed by atoms with Crippen LogP contribution in [0.25, 0.3) is 0 Å². The van der Waals surface area contributed by atoms with Crippen LogP contribution in [0.1, 0.15) is 11.1 Å². The largest absolute Gasteiger partial charge is 0.473 e. The third kappa shape index (κ3) is 4.44. The number of alkyl halides is 3. The minimum absolute atomic E-state index is 0.0266. The fourth-order valence-electron chi connectivity index (χ4n) is 3.02. The van der Waals surface area contributed by atoms with Crippen molar-refractivity contribution in [1.82, 2.24) is 9.55 Å². The van der Waals surface area contributed by atoms with E-state index in [0.29, 0.717) is 25.0 Å². The van der Waals surface area contributed by atoms with Crippen LogP contribution < -0.4 is 20.5 Å². The molecule has 0 radical (unpaired) electrons. The molecule has 1 aliphatic heterocycles. The molecule has 0 saturated carbocycles. The van der Waals surface area contributed by atoms with Crippen molar-refractivity contribution < 1.29 is 31.4 Å². The van der Waals surface area contributed by atoms with Crippen LogP contribution >= 0.6 is 0 Å². The fraction of sp³-hybridized carbons (Fsp3) is 0.200. The fourth-order valence-corrected chi connectivity index (χ4v) is 3.02. The summed E-state index contributed by atoms with van der Waals surface area (Å²) in [5.41, 5.74) is -1.51. The minimum Gasteiger partial charge on any atom is -0.473 e. The summed E-state index contributed by atoms with van der Waals surface area (Å²) in [6.07, 6.45) is -4.78. The van der Waals surface area contributed by atoms with E-state index in [-0.39, 0.29) is 23.8 Å². The molecule has 0 aliphatic carbocycles. The Balaban J connectivity index is 1.56. The van der Waals surface area contributed by atoms with E-state index in [1.54, 1.807) is 0 Å². The maximum atomic E-state index is 13.5. The first-order valence-corrected chi connectivity index (χ1v) is 9.02. The molecule has 162 valence electrons. The van der Waals surface area contributed by atoms with E-state index >= 15 is 0 Å². The van der Waals surface area contributed by atoms with Crippen LogP contribution in [0.4, 0.5) is 27.8 Å². The van der Waals surface area contributed by atoms with Crippen molar-refractivity contribution in [1.29, 1.82) is 0 Å². The number of nitrogens with zero attached hydrogens (tertiary/aromatic N) is 2. The van der Waals surface area contributed by atoms with Gasteiger partial charge in [-0.15, -0.1) is 0 Å². The van der Waals surface area contributed by atoms with Gasteiger partial charge in [0.15, 0.2) is 11.6 Å². The highest BCUT2D eigenvalue weighted by molar-refractivity contribution is 5.43. The van der Waals surface area contributed by atoms with Crippen LogP contribution in [-0.4, -0.2) is 16.1 Å². The maximum absolute atomic E-state index is 13.5. The number of hydrogen-bond acceptors (Lipinski definition) is 5. The van der Waals surface area contributed by atoms with Gasteiger partial charge in [-0.3, -0.25) is 4.57 Å². The van der Waals surface area contributed by atoms with Crippen molar-refractivity contribution in [2.75, 3.05) is 11.9 Å². The Bertz CT molecular complexity index is 1190. The number of anilines is 1. The highest BCUT2D eigenvalue weighted by Gasteiger charge is 2.35. The number of rotatable bonds is 5. The summed E-state index contributed by atoms with van der Waals surface area (Å²) in [6.45, 7) is 0.745. The standard InChI is InChI=1S/C20H14F5N3O3/c21-14-3-2-12(8-15(14)22)31-16-4-1-11(7-13(16)20(23,24)25)10-30-18-9-17-26-5-6-28(17)19(29)27-18/h1-4,7-9,26H,5-6,10H2. The van der Waals surface area contributed by atoms with Crippen LogP contribution in [0.15, 0.2) is 47.3 Å². The summed E-state index contributed by atoms with van der Waals surface area (Å²) in [6, 6.07) is 7.09. The van der Waals surface area contributed by atoms with Crippen molar-refractivity contribution >= 4 is 5.82 Å². The number of hydrogen-bond donors (Lipinski definition) is 1. The molecule has 2 heterocycles. The Kier molecular flexibility index (Phi) is 5.25. The summed E-state index contributed by atoms with van der Waals surface area (Å²) in [5, 5.41) is 2.97. The highest BCUT2D eigenvalue weighted by atomic mass is 19.4. The molecule has 0 amide bonds. The molecule has 11 heteroatoms. The Morgan fingerprint density at radius 2 is 1.87 bits per heavy atom. The lowest BCUT2D eigenvalue weighted by Gasteiger charge is -2.15. The van der Waals surface area contributed by atoms with Gasteiger partial charge >= 0.3 is 11.9 Å². The molecule has 0 spiro atoms. The quantitative estimate of drug-likeness (QED) is 0.600. The maximum Gasteiger partial charge on any atom is 0.419 e. The van der Waals surface area contributed by atoms with Crippen LogP contribution in [0.3, 0.4) is 0 Å². The summed E-state index contributed by atoms with van der Waals surface area (Å²) < 4.78 is 78.8. The van der Waals surface area contributed by atoms with Gasteiger partial charge in [-0.1, -0.05) is 6.07 Å². The number of fused-ring (bicyclic) bond motifs is 1. The average Bonchev–Trinajstić information content (AvgIpc) is 3.18. The van der Waals surface area contributed by atoms with E-state index in [9.17, 15) is 26.7 Å². The Morgan fingerprint density at radius 1 is 1.06 bits per heavy atom. The SMILES string of the molecule is O=c1nc(OCc2ccc(Oc3ccc(F)c(F)c3)c(C(F)(F)F)c2)cc2n1CCN2. The molecular formula is C20H14F5N3O3. The van der Waals surface area contributed by atoms with Gasteiger partial charge in [0, 0.05) is 25.2 Å². The number of ether oxygens (including phenoxy) is 2. The van der Waals surface area contributed by atoms with E-state index in [1.165, 1.54) is 16.7 Å². The van der Waals surface area contributed by atoms with Gasteiger partial charge in [-0.25, -0.2) is 13.6 Å². The molecule has 0 bridgehead atoms. The molecule has 31 heavy (non-hydrogen) atoms. The first-order chi connectivity index (χ1) is 14.7. The number of halogens is 5. The molecule has 1 aromatic heterocycles. The van der Waals surface area contributed by atoms with Gasteiger partial charge in [0.05, 0.1) is 5.56 Å². The second-order valence-corrected chi connectivity index (χ2v) is 6.64. The van der Waals surface area contributed by atoms with E-state index in [2.05, 4.69) is 10.3 Å². The Hall–Kier alpha value is -3.63. The van der Waals surface area contributed by atoms with Gasteiger partial charge in [0.1, 0.15) is 23.9 Å². The lowest BCUT2D eigenvalue weighted by atomic mass is 10.1. The molecule has 6 nitrogen and oxygen atoms in total. The van der Waals surface area contributed by atoms with Crippen molar-refractivity contribution in [2.24, 2.45) is 0 Å². The van der Waals surface area contributed by atoms with Gasteiger partial charge in [-0.05, 0) is 29.8 Å². The smallest absolute Gasteiger partial charge is 0.419 e. The van der Waals surface area contributed by atoms with Gasteiger partial charge in [0.2, 0.25) is 5.88 Å². The molecule has 0 atom stereocenters. The third-order valence-corrected chi connectivity index (χ3v) is 4.48. The van der Waals surface area contributed by atoms with Gasteiger partial charge in [0.25, 0.3) is 0 Å². The second-order valence-electron chi connectivity index (χ2n) is 6.64. The van der Waals surface area contributed by atoms with Crippen molar-refractivity contribution in [3.05, 3.63) is 75.7 Å². The molecule has 0 saturated heterocycles. The van der Waals surface area contributed by atoms with Crippen molar-refractivity contribution in [2.45, 2.75) is 19.3 Å². The molecule has 1 aliphatic rings. The third-order valence-electron chi connectivity index (χ3n) is 4.48. The number of benzene rings is 2. The highest BCUT2D eigenvalue weighted by Crippen LogP contribution is 2.39. The average molecular weight is 439 g/mol. The Morgan fingerprint density at radius 3 is 2.61 bits per heavy atom. The van der Waals surface area contributed by atoms with E-state index in [4.69, 9.17) is 9.47 Å². The van der Waals surface area contributed by atoms with E-state index in [1.807, 2.05) is 0 Å². The Labute approximate surface area is 171 Å². The zero-order valence-electron chi connectivity index (χ0n) is 15.7. The lowest BCUT2D eigenvalue weighted by molar-refractivity contribution is -0.138. The normalized spacial score (nSPS) is 12.9. The van der Waals surface area contributed by atoms with Gasteiger partial charge in [-0.2, -0.15) is 18.2 Å². The summed E-state index contributed by atoms with van der Waals surface area (Å²) in [5.74, 6) is -2.78. The van der Waals surface area contributed by atoms with Crippen LogP contribution in [0, 0.1) is 11.6 Å². The summed E-state index contributed by atoms with van der Waals surface area (Å²) >= 11 is 0. The molecule has 4 rings (SSSR count). The zero-order chi connectivity index (χ0) is 22.2. The first kappa shape index (κ1) is 20.6. The molecule has 2 aromatic carbocycles. The molecular weight excluding hydrogens is 425 g/mol. The summed E-state index contributed by atoms with van der Waals surface area (Å²) in [4.78, 5) is 15.7. The van der Waals surface area contributed by atoms with Crippen molar-refractivity contribution in [3.8, 4) is 17.4 Å². The monoisotopic (exact) mass is 439 g/mol. The minimum atomic E-state index is -4.78. The molecule has 3 aromatic rings. The summed E-state index contributed by atoms with van der Waals surface area (Å²) in [7, 11) is 0. The topological polar surface area (TPSA) is 65.4 Å². The predicted octanol–water partition coefficient (Wildman–Crippen LogP) is 4.34. The second kappa shape index (κ2) is 7.89. The molecule has 1 N–H and O–H groups in total. The molecule has 0 fully saturated rings. The molecule has 0 unspecified atom stereocenters. The van der Waals surface area contributed by atoms with Crippen molar-refractivity contribution in [3.63, 3.8) is 0 Å². The number of nitrogens with one attached hydrogen (secondary N) is 1. The predicted molar refractivity (Wildman–Crippen MR) is 99.2 cm³/mol. The van der Waals surface area contributed by atoms with E-state index in [0.717, 1.165) is 24.3 Å². The zero-order valence-corrected chi connectivity index (χ0v) is 15.7.